The molecule has 7 heteroatoms. The van der Waals surface area contributed by atoms with Gasteiger partial charge >= 0.3 is 6.18 Å². The first-order chi connectivity index (χ1) is 7.92. The molecule has 0 radical (unpaired) electrons. The van der Waals surface area contributed by atoms with E-state index in [-0.39, 0.29) is 5.94 Å². The maximum absolute atomic E-state index is 11.8. The number of anilines is 1. The van der Waals surface area contributed by atoms with Crippen molar-refractivity contribution in [2.24, 2.45) is 0 Å². The molecule has 1 aromatic carbocycles. The van der Waals surface area contributed by atoms with Gasteiger partial charge in [0.2, 0.25) is 0 Å². The van der Waals surface area contributed by atoms with Crippen LogP contribution in [0.25, 0.3) is 0 Å². The largest absolute Gasteiger partial charge is 0.496 e. The van der Waals surface area contributed by atoms with E-state index in [1.807, 2.05) is 0 Å². The molecule has 0 fully saturated rings. The highest BCUT2D eigenvalue weighted by molar-refractivity contribution is 7.99. The van der Waals surface area contributed by atoms with E-state index in [9.17, 15) is 13.2 Å². The van der Waals surface area contributed by atoms with Gasteiger partial charge in [0, 0.05) is 11.8 Å². The van der Waals surface area contributed by atoms with Gasteiger partial charge in [0.1, 0.15) is 12.4 Å². The average Bonchev–Trinajstić information content (AvgIpc) is 2.24. The van der Waals surface area contributed by atoms with Crippen molar-refractivity contribution in [1.82, 2.24) is 0 Å². The Balaban J connectivity index is 2.46. The molecule has 0 saturated carbocycles. The lowest BCUT2D eigenvalue weighted by molar-refractivity contribution is -0.168. The molecule has 0 aromatic heterocycles. The number of hydrogen-bond donors (Lipinski definition) is 1. The molecule has 2 N–H and O–H groups in total. The molecular formula is C10H12F3NO2S. The molecule has 0 aliphatic heterocycles. The standard InChI is InChI=1S/C10H12F3NO2S/c1-15-8-4-7(14)2-3-9(8)17-6-16-5-10(11,12)13/h2-4H,5-6,14H2,1H3. The molecule has 96 valence electrons. The summed E-state index contributed by atoms with van der Waals surface area (Å²) in [6.07, 6.45) is -4.30. The van der Waals surface area contributed by atoms with Gasteiger partial charge in [0.25, 0.3) is 0 Å². The Morgan fingerprint density at radius 3 is 2.65 bits per heavy atom. The fourth-order valence-electron chi connectivity index (χ4n) is 1.07. The van der Waals surface area contributed by atoms with Crippen LogP contribution in [-0.4, -0.2) is 25.8 Å². The zero-order chi connectivity index (χ0) is 12.9. The van der Waals surface area contributed by atoms with Crippen LogP contribution in [0.1, 0.15) is 0 Å². The van der Waals surface area contributed by atoms with Gasteiger partial charge in [-0.1, -0.05) is 11.8 Å². The van der Waals surface area contributed by atoms with Crippen molar-refractivity contribution < 1.29 is 22.6 Å². The number of nitrogen functional groups attached to an aromatic ring is 1. The highest BCUT2D eigenvalue weighted by Crippen LogP contribution is 2.31. The van der Waals surface area contributed by atoms with Crippen molar-refractivity contribution in [1.29, 1.82) is 0 Å². The molecule has 17 heavy (non-hydrogen) atoms. The van der Waals surface area contributed by atoms with Crippen LogP contribution in [0.2, 0.25) is 0 Å². The second-order valence-corrected chi connectivity index (χ2v) is 4.10. The summed E-state index contributed by atoms with van der Waals surface area (Å²) in [6.45, 7) is -1.25. The number of hydrogen-bond acceptors (Lipinski definition) is 4. The predicted octanol–water partition coefficient (Wildman–Crippen LogP) is 2.91. The van der Waals surface area contributed by atoms with Gasteiger partial charge in [0.15, 0.2) is 0 Å². The van der Waals surface area contributed by atoms with Gasteiger partial charge in [-0.3, -0.25) is 0 Å². The zero-order valence-electron chi connectivity index (χ0n) is 9.08. The smallest absolute Gasteiger partial charge is 0.411 e. The first-order valence-electron chi connectivity index (χ1n) is 4.63. The van der Waals surface area contributed by atoms with Gasteiger partial charge in [-0.15, -0.1) is 0 Å². The van der Waals surface area contributed by atoms with Crippen LogP contribution < -0.4 is 10.5 Å². The molecule has 0 bridgehead atoms. The van der Waals surface area contributed by atoms with Crippen LogP contribution in [0.15, 0.2) is 23.1 Å². The van der Waals surface area contributed by atoms with E-state index in [0.29, 0.717) is 16.3 Å². The van der Waals surface area contributed by atoms with Crippen molar-refractivity contribution in [2.75, 3.05) is 25.4 Å². The van der Waals surface area contributed by atoms with E-state index < -0.39 is 12.8 Å². The molecule has 0 aliphatic rings. The van der Waals surface area contributed by atoms with Crippen LogP contribution >= 0.6 is 11.8 Å². The molecule has 0 heterocycles. The van der Waals surface area contributed by atoms with Gasteiger partial charge < -0.3 is 15.2 Å². The summed E-state index contributed by atoms with van der Waals surface area (Å²) in [5.41, 5.74) is 6.08. The second-order valence-electron chi connectivity index (χ2n) is 3.14. The molecule has 0 saturated heterocycles. The first kappa shape index (κ1) is 14.0. The fraction of sp³-hybridized carbons (Fsp3) is 0.400. The van der Waals surface area contributed by atoms with Crippen molar-refractivity contribution in [3.8, 4) is 5.75 Å². The minimum atomic E-state index is -4.30. The van der Waals surface area contributed by atoms with Gasteiger partial charge in [0.05, 0.1) is 17.9 Å². The SMILES string of the molecule is COc1cc(N)ccc1SCOCC(F)(F)F. The Hall–Kier alpha value is -1.08. The quantitative estimate of drug-likeness (QED) is 0.385. The van der Waals surface area contributed by atoms with E-state index >= 15 is 0 Å². The number of rotatable bonds is 5. The van der Waals surface area contributed by atoms with Crippen LogP contribution in [-0.2, 0) is 4.74 Å². The van der Waals surface area contributed by atoms with Crippen LogP contribution in [0, 0.1) is 0 Å². The minimum Gasteiger partial charge on any atom is -0.496 e. The normalized spacial score (nSPS) is 11.5. The Morgan fingerprint density at radius 2 is 2.06 bits per heavy atom. The second kappa shape index (κ2) is 6.02. The lowest BCUT2D eigenvalue weighted by Crippen LogP contribution is -2.16. The van der Waals surface area contributed by atoms with Crippen molar-refractivity contribution >= 4 is 17.4 Å². The molecule has 0 unspecified atom stereocenters. The Morgan fingerprint density at radius 1 is 1.35 bits per heavy atom. The maximum atomic E-state index is 11.8. The Bertz CT molecular complexity index is 371. The van der Waals surface area contributed by atoms with Crippen molar-refractivity contribution in [3.05, 3.63) is 18.2 Å². The monoisotopic (exact) mass is 267 g/mol. The number of benzene rings is 1. The first-order valence-corrected chi connectivity index (χ1v) is 5.62. The van der Waals surface area contributed by atoms with E-state index in [2.05, 4.69) is 4.74 Å². The molecule has 1 aromatic rings. The fourth-order valence-corrected chi connectivity index (χ4v) is 1.81. The minimum absolute atomic E-state index is 0.0974. The number of methoxy groups -OCH3 is 1. The summed E-state index contributed by atoms with van der Waals surface area (Å²) in [7, 11) is 1.47. The highest BCUT2D eigenvalue weighted by Gasteiger charge is 2.27. The molecule has 3 nitrogen and oxygen atoms in total. The number of halogens is 3. The Labute approximate surface area is 101 Å². The summed E-state index contributed by atoms with van der Waals surface area (Å²) in [5.74, 6) is 0.422. The number of ether oxygens (including phenoxy) is 2. The maximum Gasteiger partial charge on any atom is 0.411 e. The lowest BCUT2D eigenvalue weighted by atomic mass is 10.3. The third kappa shape index (κ3) is 5.18. The van der Waals surface area contributed by atoms with Crippen molar-refractivity contribution in [2.45, 2.75) is 11.1 Å². The molecule has 1 rings (SSSR count). The number of thioether (sulfide) groups is 1. The van der Waals surface area contributed by atoms with Crippen LogP contribution in [0.5, 0.6) is 5.75 Å². The summed E-state index contributed by atoms with van der Waals surface area (Å²) < 4.78 is 44.9. The molecule has 0 amide bonds. The third-order valence-corrected chi connectivity index (χ3v) is 2.68. The topological polar surface area (TPSA) is 44.5 Å². The highest BCUT2D eigenvalue weighted by atomic mass is 32.2. The number of nitrogens with two attached hydrogens (primary N) is 1. The van der Waals surface area contributed by atoms with E-state index in [4.69, 9.17) is 10.5 Å². The number of alkyl halides is 3. The van der Waals surface area contributed by atoms with E-state index in [1.54, 1.807) is 18.2 Å². The van der Waals surface area contributed by atoms with E-state index in [0.717, 1.165) is 11.8 Å². The molecule has 0 spiro atoms. The van der Waals surface area contributed by atoms with Crippen LogP contribution in [0.4, 0.5) is 18.9 Å². The van der Waals surface area contributed by atoms with Gasteiger partial charge in [-0.25, -0.2) is 0 Å². The predicted molar refractivity (Wildman–Crippen MR) is 60.1 cm³/mol. The summed E-state index contributed by atoms with van der Waals surface area (Å²) in [5, 5.41) is 0. The lowest BCUT2D eigenvalue weighted by Gasteiger charge is -2.10. The van der Waals surface area contributed by atoms with Crippen LogP contribution in [0.3, 0.4) is 0 Å². The molecular weight excluding hydrogens is 255 g/mol. The zero-order valence-corrected chi connectivity index (χ0v) is 9.90. The van der Waals surface area contributed by atoms with Gasteiger partial charge in [-0.05, 0) is 12.1 Å². The third-order valence-electron chi connectivity index (χ3n) is 1.75. The summed E-state index contributed by atoms with van der Waals surface area (Å²) in [4.78, 5) is 0.684. The summed E-state index contributed by atoms with van der Waals surface area (Å²) in [6, 6.07) is 4.93. The molecule has 0 atom stereocenters. The average molecular weight is 267 g/mol. The van der Waals surface area contributed by atoms with E-state index in [1.165, 1.54) is 7.11 Å². The molecule has 0 aliphatic carbocycles. The van der Waals surface area contributed by atoms with Gasteiger partial charge in [-0.2, -0.15) is 13.2 Å². The summed E-state index contributed by atoms with van der Waals surface area (Å²) >= 11 is 1.12. The Kier molecular flexibility index (Phi) is 4.95. The van der Waals surface area contributed by atoms with Crippen molar-refractivity contribution in [3.63, 3.8) is 0 Å².